The molecule has 3 rings (SSSR count). The van der Waals surface area contributed by atoms with Crippen LogP contribution in [0.15, 0.2) is 48.5 Å². The van der Waals surface area contributed by atoms with E-state index < -0.39 is 30.9 Å². The second-order valence-electron chi connectivity index (χ2n) is 6.25. The topological polar surface area (TPSA) is 55.8 Å². The monoisotopic (exact) mass is 393 g/mol. The highest BCUT2D eigenvalue weighted by molar-refractivity contribution is 5.96. The number of carbonyl (C=O) groups excluding carboxylic acids is 2. The number of esters is 1. The van der Waals surface area contributed by atoms with Crippen LogP contribution in [0.25, 0.3) is 0 Å². The van der Waals surface area contributed by atoms with Crippen molar-refractivity contribution in [2.24, 2.45) is 0 Å². The van der Waals surface area contributed by atoms with Gasteiger partial charge in [-0.1, -0.05) is 18.2 Å². The molecule has 0 saturated heterocycles. The molecule has 1 heterocycles. The number of amides is 1. The number of carbonyl (C=O) groups is 2. The van der Waals surface area contributed by atoms with Crippen LogP contribution in [0.4, 0.5) is 18.9 Å². The van der Waals surface area contributed by atoms with Crippen LogP contribution in [0.5, 0.6) is 5.75 Å². The third-order valence-corrected chi connectivity index (χ3v) is 4.31. The van der Waals surface area contributed by atoms with Crippen LogP contribution < -0.4 is 9.64 Å². The van der Waals surface area contributed by atoms with Gasteiger partial charge in [0.05, 0.1) is 5.56 Å². The largest absolute Gasteiger partial charge is 0.482 e. The smallest absolute Gasteiger partial charge is 0.416 e. The first-order chi connectivity index (χ1) is 13.3. The van der Waals surface area contributed by atoms with Gasteiger partial charge in [-0.25, -0.2) is 4.79 Å². The summed E-state index contributed by atoms with van der Waals surface area (Å²) in [5.41, 5.74) is 1.07. The summed E-state index contributed by atoms with van der Waals surface area (Å²) in [5, 5.41) is 0. The number of fused-ring (bicyclic) bond motifs is 1. The van der Waals surface area contributed by atoms with Crippen LogP contribution in [0.1, 0.15) is 17.5 Å². The summed E-state index contributed by atoms with van der Waals surface area (Å²) < 4.78 is 47.6. The number of benzene rings is 2. The second-order valence-corrected chi connectivity index (χ2v) is 6.25. The first-order valence-corrected chi connectivity index (χ1v) is 8.68. The number of ether oxygens (including phenoxy) is 2. The predicted octanol–water partition coefficient (Wildman–Crippen LogP) is 3.61. The Labute approximate surface area is 159 Å². The van der Waals surface area contributed by atoms with Gasteiger partial charge in [0, 0.05) is 12.2 Å². The fourth-order valence-electron chi connectivity index (χ4n) is 2.94. The van der Waals surface area contributed by atoms with Crippen molar-refractivity contribution < 1.29 is 32.2 Å². The average molecular weight is 393 g/mol. The fraction of sp³-hybridized carbons (Fsp3) is 0.300. The first-order valence-electron chi connectivity index (χ1n) is 8.68. The minimum absolute atomic E-state index is 0.0984. The number of para-hydroxylation sites is 1. The fourth-order valence-corrected chi connectivity index (χ4v) is 2.94. The normalized spacial score (nSPS) is 13.6. The molecule has 28 heavy (non-hydrogen) atoms. The number of nitrogens with zero attached hydrogens (tertiary/aromatic N) is 1. The van der Waals surface area contributed by atoms with Crippen LogP contribution in [0.3, 0.4) is 0 Å². The number of anilines is 1. The van der Waals surface area contributed by atoms with Gasteiger partial charge >= 0.3 is 12.1 Å². The average Bonchev–Trinajstić information content (AvgIpc) is 2.69. The third-order valence-electron chi connectivity index (χ3n) is 4.31. The van der Waals surface area contributed by atoms with Gasteiger partial charge in [-0.2, -0.15) is 13.2 Å². The van der Waals surface area contributed by atoms with Crippen molar-refractivity contribution in [1.82, 2.24) is 0 Å². The SMILES string of the molecule is O=C(COc1ccc(C(F)(F)F)cc1)OCC(=O)N1CCCc2ccccc21. The number of hydrogen-bond acceptors (Lipinski definition) is 4. The molecule has 1 aliphatic rings. The zero-order valence-corrected chi connectivity index (χ0v) is 14.9. The second kappa shape index (κ2) is 8.33. The van der Waals surface area contributed by atoms with Gasteiger partial charge in [0.25, 0.3) is 5.91 Å². The molecule has 1 amide bonds. The highest BCUT2D eigenvalue weighted by atomic mass is 19.4. The summed E-state index contributed by atoms with van der Waals surface area (Å²) in [4.78, 5) is 25.7. The molecule has 0 atom stereocenters. The molecule has 0 N–H and O–H groups in total. The number of alkyl halides is 3. The molecule has 0 radical (unpaired) electrons. The van der Waals surface area contributed by atoms with Crippen molar-refractivity contribution in [3.05, 3.63) is 59.7 Å². The first kappa shape index (κ1) is 19.7. The zero-order valence-electron chi connectivity index (χ0n) is 14.9. The van der Waals surface area contributed by atoms with E-state index in [1.54, 1.807) is 4.90 Å². The Kier molecular flexibility index (Phi) is 5.87. The summed E-state index contributed by atoms with van der Waals surface area (Å²) in [5.74, 6) is -1.02. The Balaban J connectivity index is 1.48. The van der Waals surface area contributed by atoms with Gasteiger partial charge < -0.3 is 14.4 Å². The molecule has 0 bridgehead atoms. The van der Waals surface area contributed by atoms with Crippen LogP contribution >= 0.6 is 0 Å². The highest BCUT2D eigenvalue weighted by Gasteiger charge is 2.30. The summed E-state index contributed by atoms with van der Waals surface area (Å²) >= 11 is 0. The molecule has 0 spiro atoms. The minimum atomic E-state index is -4.44. The van der Waals surface area contributed by atoms with E-state index in [9.17, 15) is 22.8 Å². The maximum Gasteiger partial charge on any atom is 0.416 e. The summed E-state index contributed by atoms with van der Waals surface area (Å²) in [6.07, 6.45) is -2.72. The van der Waals surface area contributed by atoms with Crippen LogP contribution in [0, 0.1) is 0 Å². The molecule has 8 heteroatoms. The summed E-state index contributed by atoms with van der Waals surface area (Å²) in [7, 11) is 0. The van der Waals surface area contributed by atoms with Crippen molar-refractivity contribution in [1.29, 1.82) is 0 Å². The number of rotatable bonds is 5. The van der Waals surface area contributed by atoms with Gasteiger partial charge in [-0.3, -0.25) is 4.79 Å². The maximum atomic E-state index is 12.5. The van der Waals surface area contributed by atoms with E-state index in [1.807, 2.05) is 24.3 Å². The van der Waals surface area contributed by atoms with Gasteiger partial charge in [-0.15, -0.1) is 0 Å². The summed E-state index contributed by atoms with van der Waals surface area (Å²) in [6, 6.07) is 11.5. The standard InChI is InChI=1S/C20H18F3NO4/c21-20(22,23)15-7-9-16(10-8-15)27-13-19(26)28-12-18(25)24-11-3-5-14-4-1-2-6-17(14)24/h1-2,4,6-10H,3,5,11-13H2. The van der Waals surface area contributed by atoms with Gasteiger partial charge in [0.2, 0.25) is 0 Å². The van der Waals surface area contributed by atoms with Crippen molar-refractivity contribution in [3.8, 4) is 5.75 Å². The molecule has 5 nitrogen and oxygen atoms in total. The van der Waals surface area contributed by atoms with Gasteiger partial charge in [0.15, 0.2) is 13.2 Å². The van der Waals surface area contributed by atoms with E-state index >= 15 is 0 Å². The Morgan fingerprint density at radius 2 is 1.71 bits per heavy atom. The van der Waals surface area contributed by atoms with Crippen molar-refractivity contribution in [2.45, 2.75) is 19.0 Å². The lowest BCUT2D eigenvalue weighted by molar-refractivity contribution is -0.149. The van der Waals surface area contributed by atoms with E-state index in [1.165, 1.54) is 0 Å². The molecular formula is C20H18F3NO4. The Morgan fingerprint density at radius 3 is 2.43 bits per heavy atom. The quantitative estimate of drug-likeness (QED) is 0.729. The molecule has 0 fully saturated rings. The summed E-state index contributed by atoms with van der Waals surface area (Å²) in [6.45, 7) is -0.381. The maximum absolute atomic E-state index is 12.5. The lowest BCUT2D eigenvalue weighted by atomic mass is 10.0. The lowest BCUT2D eigenvalue weighted by Crippen LogP contribution is -2.38. The number of hydrogen-bond donors (Lipinski definition) is 0. The van der Waals surface area contributed by atoms with E-state index in [4.69, 9.17) is 9.47 Å². The van der Waals surface area contributed by atoms with E-state index in [2.05, 4.69) is 0 Å². The van der Waals surface area contributed by atoms with Crippen LogP contribution in [-0.4, -0.2) is 31.6 Å². The molecule has 148 valence electrons. The molecular weight excluding hydrogens is 375 g/mol. The van der Waals surface area contributed by atoms with E-state index in [-0.39, 0.29) is 11.7 Å². The van der Waals surface area contributed by atoms with E-state index in [0.29, 0.717) is 6.54 Å². The van der Waals surface area contributed by atoms with Gasteiger partial charge in [-0.05, 0) is 48.7 Å². The van der Waals surface area contributed by atoms with Crippen molar-refractivity contribution in [3.63, 3.8) is 0 Å². The Bertz CT molecular complexity index is 849. The molecule has 2 aromatic rings. The Hall–Kier alpha value is -3.03. The number of aryl methyl sites for hydroxylation is 1. The van der Waals surface area contributed by atoms with Crippen molar-refractivity contribution >= 4 is 17.6 Å². The molecule has 2 aromatic carbocycles. The lowest BCUT2D eigenvalue weighted by Gasteiger charge is -2.29. The molecule has 0 aromatic heterocycles. The van der Waals surface area contributed by atoms with Crippen molar-refractivity contribution in [2.75, 3.05) is 24.7 Å². The predicted molar refractivity (Wildman–Crippen MR) is 95.0 cm³/mol. The van der Waals surface area contributed by atoms with Crippen LogP contribution in [-0.2, 0) is 26.9 Å². The van der Waals surface area contributed by atoms with E-state index in [0.717, 1.165) is 48.4 Å². The minimum Gasteiger partial charge on any atom is -0.482 e. The molecule has 0 unspecified atom stereocenters. The number of halogens is 3. The molecule has 0 aliphatic carbocycles. The van der Waals surface area contributed by atoms with Crippen LogP contribution in [0.2, 0.25) is 0 Å². The zero-order chi connectivity index (χ0) is 20.1. The highest BCUT2D eigenvalue weighted by Crippen LogP contribution is 2.30. The molecule has 1 aliphatic heterocycles. The van der Waals surface area contributed by atoms with Gasteiger partial charge in [0.1, 0.15) is 5.75 Å². The molecule has 0 saturated carbocycles. The Morgan fingerprint density at radius 1 is 1.00 bits per heavy atom. The third kappa shape index (κ3) is 4.82.